The van der Waals surface area contributed by atoms with Crippen LogP contribution in [0.1, 0.15) is 9.60 Å². The molecule has 10 rings (SSSR count). The van der Waals surface area contributed by atoms with Crippen LogP contribution < -0.4 is 0 Å². The highest BCUT2D eigenvalue weighted by molar-refractivity contribution is 6.11. The van der Waals surface area contributed by atoms with Gasteiger partial charge in [0.2, 0.25) is 0 Å². The molecule has 10 aromatic rings. The first-order chi connectivity index (χ1) is 27.7. The first-order valence-electron chi connectivity index (χ1n) is 19.6. The van der Waals surface area contributed by atoms with E-state index in [2.05, 4.69) is 0 Å². The molecule has 0 unspecified atom stereocenters. The summed E-state index contributed by atoms with van der Waals surface area (Å²) in [6.45, 7) is 0. The largest absolute Gasteiger partial charge is 0.456 e. The Morgan fingerprint density at radius 1 is 0.440 bits per heavy atom. The molecule has 0 saturated carbocycles. The molecule has 7 aromatic carbocycles. The molecule has 0 radical (unpaired) electrons. The van der Waals surface area contributed by atoms with Gasteiger partial charge in [-0.1, -0.05) is 121 Å². The highest BCUT2D eigenvalue weighted by Gasteiger charge is 2.17. The number of rotatable bonds is 5. The number of benzene rings is 7. The van der Waals surface area contributed by atoms with Gasteiger partial charge in [-0.15, -0.1) is 0 Å². The van der Waals surface area contributed by atoms with Crippen LogP contribution in [0.2, 0.25) is 0 Å². The Morgan fingerprint density at radius 2 is 1.08 bits per heavy atom. The van der Waals surface area contributed by atoms with E-state index in [-0.39, 0.29) is 57.6 Å². The Kier molecular flexibility index (Phi) is 4.99. The first kappa shape index (κ1) is 21.9. The fourth-order valence-corrected chi connectivity index (χ4v) is 6.52. The van der Waals surface area contributed by atoms with Crippen molar-refractivity contribution in [2.75, 3.05) is 0 Å². The van der Waals surface area contributed by atoms with Gasteiger partial charge in [-0.2, -0.15) is 0 Å². The van der Waals surface area contributed by atoms with Crippen molar-refractivity contribution in [2.24, 2.45) is 0 Å². The molecule has 3 heterocycles. The number of nitrogens with zero attached hydrogens (tertiary/aromatic N) is 4. The van der Waals surface area contributed by atoms with Crippen LogP contribution >= 0.6 is 0 Å². The molecule has 0 spiro atoms. The average Bonchev–Trinajstić information content (AvgIpc) is 3.81. The number of aromatic nitrogens is 4. The molecule has 5 nitrogen and oxygen atoms in total. The van der Waals surface area contributed by atoms with Gasteiger partial charge in [0.05, 0.1) is 20.6 Å². The van der Waals surface area contributed by atoms with Crippen molar-refractivity contribution < 1.29 is 14.0 Å². The van der Waals surface area contributed by atoms with Gasteiger partial charge < -0.3 is 8.98 Å². The van der Waals surface area contributed by atoms with Crippen molar-refractivity contribution in [3.63, 3.8) is 0 Å². The van der Waals surface area contributed by atoms with Crippen molar-refractivity contribution in [2.45, 2.75) is 0 Å². The predicted molar refractivity (Wildman–Crippen MR) is 203 cm³/mol. The van der Waals surface area contributed by atoms with Crippen molar-refractivity contribution in [3.8, 4) is 51.0 Å². The van der Waals surface area contributed by atoms with Crippen molar-refractivity contribution in [3.05, 3.63) is 170 Å². The normalized spacial score (nSPS) is 13.6. The van der Waals surface area contributed by atoms with Crippen LogP contribution in [-0.4, -0.2) is 19.5 Å². The van der Waals surface area contributed by atoms with Crippen molar-refractivity contribution in [1.29, 1.82) is 0 Å². The molecule has 0 fully saturated rings. The summed E-state index contributed by atoms with van der Waals surface area (Å²) in [5.41, 5.74) is 4.71. The SMILES string of the molecule is [2H]c1c([2H])c([2H])c2c(c1[2H])c1c([2H])c(-c3ccc4c(c3)oc3ccccc34)c([2H])c([2H])c1n2-c1cccc(-c2nc(-c3ccccc3)nc(-c3ccccc3)n2)c1. The molecule has 0 bridgehead atoms. The lowest BCUT2D eigenvalue weighted by Crippen LogP contribution is -2.01. The summed E-state index contributed by atoms with van der Waals surface area (Å²) in [6.07, 6.45) is 0. The van der Waals surface area contributed by atoms with E-state index < -0.39 is 12.1 Å². The van der Waals surface area contributed by atoms with E-state index in [1.165, 1.54) is 0 Å². The molecule has 0 saturated heterocycles. The summed E-state index contributed by atoms with van der Waals surface area (Å²) in [5.74, 6) is 1.30. The monoisotopic (exact) mass is 647 g/mol. The maximum absolute atomic E-state index is 9.64. The van der Waals surface area contributed by atoms with Crippen LogP contribution in [0, 0.1) is 0 Å². The van der Waals surface area contributed by atoms with E-state index in [0.717, 1.165) is 21.9 Å². The zero-order chi connectivity index (χ0) is 39.1. The lowest BCUT2D eigenvalue weighted by atomic mass is 10.0. The second-order valence-electron chi connectivity index (χ2n) is 11.9. The highest BCUT2D eigenvalue weighted by Crippen LogP contribution is 2.37. The van der Waals surface area contributed by atoms with Crippen LogP contribution in [-0.2, 0) is 0 Å². The Morgan fingerprint density at radius 3 is 1.86 bits per heavy atom. The van der Waals surface area contributed by atoms with Gasteiger partial charge in [-0.25, -0.2) is 15.0 Å². The third-order valence-electron chi connectivity index (χ3n) is 8.89. The lowest BCUT2D eigenvalue weighted by Gasteiger charge is -2.12. The Labute approximate surface area is 297 Å². The molecule has 0 amide bonds. The van der Waals surface area contributed by atoms with Crippen LogP contribution in [0.4, 0.5) is 0 Å². The topological polar surface area (TPSA) is 56.7 Å². The lowest BCUT2D eigenvalue weighted by molar-refractivity contribution is 0.669. The van der Waals surface area contributed by atoms with Crippen LogP contribution in [0.3, 0.4) is 0 Å². The van der Waals surface area contributed by atoms with E-state index >= 15 is 0 Å². The molecule has 234 valence electrons. The third-order valence-corrected chi connectivity index (χ3v) is 8.89. The van der Waals surface area contributed by atoms with E-state index in [9.17, 15) is 4.11 Å². The molecule has 50 heavy (non-hydrogen) atoms. The quantitative estimate of drug-likeness (QED) is 0.186. The molecule has 0 aliphatic rings. The fraction of sp³-hybridized carbons (Fsp3) is 0. The summed E-state index contributed by atoms with van der Waals surface area (Å²) in [5, 5.41) is 2.03. The molecule has 0 N–H and O–H groups in total. The van der Waals surface area contributed by atoms with Crippen LogP contribution in [0.25, 0.3) is 94.7 Å². The predicted octanol–water partition coefficient (Wildman–Crippen LogP) is 11.5. The van der Waals surface area contributed by atoms with Gasteiger partial charge in [0.25, 0.3) is 0 Å². The zero-order valence-corrected chi connectivity index (χ0v) is 26.3. The van der Waals surface area contributed by atoms with E-state index in [1.54, 1.807) is 34.9 Å². The standard InChI is InChI=1S/C45H28N4O/c1-3-12-29(13-4-1)43-46-44(30-14-5-2-6-15-30)48-45(47-43)33-16-11-17-34(26-33)49-39-20-9-7-18-35(39)38-27-31(23-25-40(38)49)32-22-24-37-36-19-8-10-21-41(36)50-42(37)28-32/h1-28H/i7D,9D,18D,20D,23D,25D,27D. The van der Waals surface area contributed by atoms with Gasteiger partial charge in [0.15, 0.2) is 17.5 Å². The van der Waals surface area contributed by atoms with E-state index in [1.807, 2.05) is 97.1 Å². The summed E-state index contributed by atoms with van der Waals surface area (Å²) < 4.78 is 71.7. The molecular weight excluding hydrogens is 613 g/mol. The van der Waals surface area contributed by atoms with E-state index in [4.69, 9.17) is 24.9 Å². The van der Waals surface area contributed by atoms with Crippen LogP contribution in [0.15, 0.2) is 174 Å². The Balaban J connectivity index is 1.24. The van der Waals surface area contributed by atoms with Gasteiger partial charge in [-0.05, 0) is 59.6 Å². The minimum atomic E-state index is -0.460. The van der Waals surface area contributed by atoms with Gasteiger partial charge in [-0.3, -0.25) is 0 Å². The minimum Gasteiger partial charge on any atom is -0.456 e. The third kappa shape index (κ3) is 4.67. The molecule has 5 heteroatoms. The van der Waals surface area contributed by atoms with Crippen molar-refractivity contribution >= 4 is 43.7 Å². The molecular formula is C45H28N4O. The summed E-state index contributed by atoms with van der Waals surface area (Å²) in [6, 6.07) is 37.2. The second kappa shape index (κ2) is 11.4. The average molecular weight is 648 g/mol. The number of hydrogen-bond acceptors (Lipinski definition) is 4. The van der Waals surface area contributed by atoms with E-state index in [0.29, 0.717) is 45.5 Å². The molecule has 0 atom stereocenters. The first-order valence-corrected chi connectivity index (χ1v) is 16.1. The van der Waals surface area contributed by atoms with Crippen LogP contribution in [0.5, 0.6) is 0 Å². The van der Waals surface area contributed by atoms with Gasteiger partial charge >= 0.3 is 0 Å². The molecule has 3 aromatic heterocycles. The Hall–Kier alpha value is -6.85. The minimum absolute atomic E-state index is 0.0869. The Bertz CT molecular complexity index is 3220. The smallest absolute Gasteiger partial charge is 0.164 e. The van der Waals surface area contributed by atoms with Gasteiger partial charge in [0, 0.05) is 43.9 Å². The molecule has 0 aliphatic heterocycles. The number of furan rings is 1. The number of para-hydroxylation sites is 2. The molecule has 0 aliphatic carbocycles. The fourth-order valence-electron chi connectivity index (χ4n) is 6.52. The maximum atomic E-state index is 9.64. The van der Waals surface area contributed by atoms with Crippen molar-refractivity contribution in [1.82, 2.24) is 19.5 Å². The summed E-state index contributed by atoms with van der Waals surface area (Å²) >= 11 is 0. The maximum Gasteiger partial charge on any atom is 0.164 e. The second-order valence-corrected chi connectivity index (χ2v) is 11.9. The summed E-state index contributed by atoms with van der Waals surface area (Å²) in [7, 11) is 0. The number of fused-ring (bicyclic) bond motifs is 6. The van der Waals surface area contributed by atoms with Gasteiger partial charge in [0.1, 0.15) is 11.2 Å². The summed E-state index contributed by atoms with van der Waals surface area (Å²) in [4.78, 5) is 14.5. The number of hydrogen-bond donors (Lipinski definition) is 0. The zero-order valence-electron chi connectivity index (χ0n) is 33.3. The highest BCUT2D eigenvalue weighted by atomic mass is 16.3.